The first-order valence-corrected chi connectivity index (χ1v) is 12.7. The molecular formula is C25H26F3N9O4. The van der Waals surface area contributed by atoms with Crippen molar-refractivity contribution in [3.8, 4) is 11.3 Å². The van der Waals surface area contributed by atoms with Crippen LogP contribution in [0.5, 0.6) is 0 Å². The SMILES string of the molecule is CC(O)Cn1c(=O)c2c(ncn2CC(=O)Nc2cccc(-c3cnc(N4CCCC4C(F)(F)F)nc3)n2)n(C)c1=O. The zero-order valence-corrected chi connectivity index (χ0v) is 22.0. The van der Waals surface area contributed by atoms with Crippen LogP contribution in [0.2, 0.25) is 0 Å². The van der Waals surface area contributed by atoms with Crippen LogP contribution in [-0.2, 0) is 24.9 Å². The van der Waals surface area contributed by atoms with Crippen LogP contribution in [0.3, 0.4) is 0 Å². The smallest absolute Gasteiger partial charge is 0.392 e. The second-order valence-corrected chi connectivity index (χ2v) is 9.77. The molecule has 16 heteroatoms. The Morgan fingerprint density at radius 3 is 2.61 bits per heavy atom. The number of imidazole rings is 1. The Kier molecular flexibility index (Phi) is 7.33. The number of rotatable bonds is 7. The number of anilines is 2. The number of nitrogens with one attached hydrogen (secondary N) is 1. The van der Waals surface area contributed by atoms with E-state index in [1.165, 1.54) is 41.8 Å². The molecule has 216 valence electrons. The van der Waals surface area contributed by atoms with Crippen LogP contribution in [-0.4, -0.2) is 69.5 Å². The third kappa shape index (κ3) is 5.54. The van der Waals surface area contributed by atoms with E-state index in [0.717, 1.165) is 9.47 Å². The molecule has 1 fully saturated rings. The van der Waals surface area contributed by atoms with Crippen molar-refractivity contribution in [3.05, 3.63) is 57.8 Å². The molecule has 2 unspecified atom stereocenters. The summed E-state index contributed by atoms with van der Waals surface area (Å²) in [6.07, 6.45) is -0.920. The molecule has 1 aliphatic rings. The van der Waals surface area contributed by atoms with Crippen molar-refractivity contribution < 1.29 is 23.1 Å². The van der Waals surface area contributed by atoms with Crippen LogP contribution in [0.25, 0.3) is 22.4 Å². The molecule has 0 spiro atoms. The molecule has 4 aromatic rings. The fourth-order valence-corrected chi connectivity index (χ4v) is 4.82. The number of fused-ring (bicyclic) bond motifs is 1. The summed E-state index contributed by atoms with van der Waals surface area (Å²) in [7, 11) is 1.44. The molecule has 13 nitrogen and oxygen atoms in total. The summed E-state index contributed by atoms with van der Waals surface area (Å²) in [5.41, 5.74) is -0.397. The number of aryl methyl sites for hydroxylation is 1. The van der Waals surface area contributed by atoms with Crippen LogP contribution in [0.15, 0.2) is 46.5 Å². The third-order valence-corrected chi connectivity index (χ3v) is 6.70. The van der Waals surface area contributed by atoms with E-state index in [0.29, 0.717) is 17.7 Å². The van der Waals surface area contributed by atoms with E-state index >= 15 is 0 Å². The number of pyridine rings is 1. The number of nitrogens with zero attached hydrogens (tertiary/aromatic N) is 8. The second kappa shape index (κ2) is 10.8. The van der Waals surface area contributed by atoms with E-state index in [9.17, 15) is 32.7 Å². The Morgan fingerprint density at radius 2 is 1.93 bits per heavy atom. The number of carbonyl (C=O) groups excluding carboxylic acids is 1. The summed E-state index contributed by atoms with van der Waals surface area (Å²) < 4.78 is 43.3. The molecule has 4 aromatic heterocycles. The van der Waals surface area contributed by atoms with Crippen molar-refractivity contribution in [1.82, 2.24) is 33.6 Å². The minimum Gasteiger partial charge on any atom is -0.392 e. The molecule has 2 N–H and O–H groups in total. The fraction of sp³-hybridized carbons (Fsp3) is 0.400. The standard InChI is InChI=1S/C25H26F3N9O4/c1-14(38)11-37-22(40)20-21(34(2)24(37)41)31-13-35(20)12-19(39)33-18-7-3-5-16(32-18)15-9-29-23(30-10-15)36-8-4-6-17(36)25(26,27)28/h3,5,7,9-10,13-14,17,38H,4,6,8,11-12H2,1-2H3,(H,32,33,39). The highest BCUT2D eigenvalue weighted by molar-refractivity contribution is 5.90. The minimum atomic E-state index is -4.37. The van der Waals surface area contributed by atoms with Gasteiger partial charge in [0.2, 0.25) is 11.9 Å². The van der Waals surface area contributed by atoms with Gasteiger partial charge >= 0.3 is 11.9 Å². The van der Waals surface area contributed by atoms with E-state index in [1.54, 1.807) is 18.2 Å². The van der Waals surface area contributed by atoms with Crippen LogP contribution in [0.1, 0.15) is 19.8 Å². The molecule has 5 heterocycles. The summed E-state index contributed by atoms with van der Waals surface area (Å²) in [6, 6.07) is 3.18. The Labute approximate surface area is 229 Å². The highest BCUT2D eigenvalue weighted by atomic mass is 19.4. The van der Waals surface area contributed by atoms with E-state index < -0.39 is 35.5 Å². The molecule has 1 amide bonds. The van der Waals surface area contributed by atoms with Gasteiger partial charge in [0.05, 0.1) is 24.7 Å². The summed E-state index contributed by atoms with van der Waals surface area (Å²) in [6.45, 7) is 1.11. The molecule has 0 radical (unpaired) electrons. The van der Waals surface area contributed by atoms with Crippen molar-refractivity contribution in [2.45, 2.75) is 51.2 Å². The number of amides is 1. The largest absolute Gasteiger partial charge is 0.408 e. The van der Waals surface area contributed by atoms with Crippen molar-refractivity contribution in [2.24, 2.45) is 7.05 Å². The second-order valence-electron chi connectivity index (χ2n) is 9.77. The van der Waals surface area contributed by atoms with Crippen molar-refractivity contribution in [3.63, 3.8) is 0 Å². The molecule has 0 saturated carbocycles. The molecule has 2 atom stereocenters. The van der Waals surface area contributed by atoms with Gasteiger partial charge in [-0.1, -0.05) is 6.07 Å². The number of hydrogen-bond acceptors (Lipinski definition) is 9. The third-order valence-electron chi connectivity index (χ3n) is 6.70. The first-order chi connectivity index (χ1) is 19.4. The highest BCUT2D eigenvalue weighted by Gasteiger charge is 2.46. The average molecular weight is 574 g/mol. The summed E-state index contributed by atoms with van der Waals surface area (Å²) in [5, 5.41) is 12.3. The number of aliphatic hydroxyl groups excluding tert-OH is 1. The summed E-state index contributed by atoms with van der Waals surface area (Å²) >= 11 is 0. The zero-order valence-electron chi connectivity index (χ0n) is 22.0. The van der Waals surface area contributed by atoms with Gasteiger partial charge < -0.3 is 19.9 Å². The maximum Gasteiger partial charge on any atom is 0.408 e. The van der Waals surface area contributed by atoms with Gasteiger partial charge in [-0.25, -0.2) is 24.7 Å². The molecule has 41 heavy (non-hydrogen) atoms. The normalized spacial score (nSPS) is 16.3. The lowest BCUT2D eigenvalue weighted by Gasteiger charge is -2.26. The Balaban J connectivity index is 1.33. The van der Waals surface area contributed by atoms with Gasteiger partial charge in [0.1, 0.15) is 18.4 Å². The molecule has 0 aromatic carbocycles. The lowest BCUT2D eigenvalue weighted by atomic mass is 10.2. The molecule has 1 saturated heterocycles. The minimum absolute atomic E-state index is 0.0110. The maximum atomic E-state index is 13.3. The van der Waals surface area contributed by atoms with Gasteiger partial charge in [-0.15, -0.1) is 0 Å². The van der Waals surface area contributed by atoms with Crippen LogP contribution < -0.4 is 21.5 Å². The number of carbonyl (C=O) groups is 1. The summed E-state index contributed by atoms with van der Waals surface area (Å²) in [4.78, 5) is 56.2. The first kappa shape index (κ1) is 27.9. The van der Waals surface area contributed by atoms with Gasteiger partial charge in [-0.05, 0) is 31.9 Å². The molecular weight excluding hydrogens is 547 g/mol. The molecule has 0 bridgehead atoms. The Morgan fingerprint density at radius 1 is 1.20 bits per heavy atom. The number of hydrogen-bond donors (Lipinski definition) is 2. The predicted octanol–water partition coefficient (Wildman–Crippen LogP) is 1.30. The topological polar surface area (TPSA) is 153 Å². The number of halogens is 3. The predicted molar refractivity (Wildman–Crippen MR) is 141 cm³/mol. The maximum absolute atomic E-state index is 13.3. The van der Waals surface area contributed by atoms with E-state index in [-0.39, 0.29) is 49.0 Å². The van der Waals surface area contributed by atoms with Crippen molar-refractivity contribution in [1.29, 1.82) is 0 Å². The molecule has 5 rings (SSSR count). The fourth-order valence-electron chi connectivity index (χ4n) is 4.82. The quantitative estimate of drug-likeness (QED) is 0.333. The Hall–Kier alpha value is -4.60. The highest BCUT2D eigenvalue weighted by Crippen LogP contribution is 2.34. The molecule has 1 aliphatic heterocycles. The molecule has 0 aliphatic carbocycles. The van der Waals surface area contributed by atoms with Gasteiger partial charge in [0, 0.05) is 31.5 Å². The number of aromatic nitrogens is 7. The lowest BCUT2D eigenvalue weighted by Crippen LogP contribution is -2.42. The van der Waals surface area contributed by atoms with Gasteiger partial charge in [0.25, 0.3) is 5.56 Å². The van der Waals surface area contributed by atoms with Crippen LogP contribution in [0.4, 0.5) is 24.9 Å². The average Bonchev–Trinajstić information content (AvgIpc) is 3.58. The van der Waals surface area contributed by atoms with Crippen molar-refractivity contribution in [2.75, 3.05) is 16.8 Å². The number of alkyl halides is 3. The first-order valence-electron chi connectivity index (χ1n) is 12.7. The Bertz CT molecular complexity index is 1710. The van der Waals surface area contributed by atoms with Gasteiger partial charge in [-0.3, -0.25) is 18.7 Å². The van der Waals surface area contributed by atoms with Crippen LogP contribution >= 0.6 is 0 Å². The van der Waals surface area contributed by atoms with E-state index in [1.807, 2.05) is 0 Å². The van der Waals surface area contributed by atoms with Gasteiger partial charge in [-0.2, -0.15) is 13.2 Å². The zero-order chi connectivity index (χ0) is 29.5. The number of aliphatic hydroxyl groups is 1. The van der Waals surface area contributed by atoms with Gasteiger partial charge in [0.15, 0.2) is 11.2 Å². The van der Waals surface area contributed by atoms with Crippen LogP contribution in [0, 0.1) is 0 Å². The van der Waals surface area contributed by atoms with E-state index in [4.69, 9.17) is 0 Å². The monoisotopic (exact) mass is 573 g/mol. The van der Waals surface area contributed by atoms with Crippen molar-refractivity contribution >= 4 is 28.8 Å². The lowest BCUT2D eigenvalue weighted by molar-refractivity contribution is -0.146. The summed E-state index contributed by atoms with van der Waals surface area (Å²) in [5.74, 6) is -0.379. The van der Waals surface area contributed by atoms with E-state index in [2.05, 4.69) is 25.3 Å².